The normalized spacial score (nSPS) is 23.1. The van der Waals surface area contributed by atoms with Gasteiger partial charge in [-0.3, -0.25) is 19.7 Å². The third-order valence-corrected chi connectivity index (χ3v) is 5.59. The van der Waals surface area contributed by atoms with Crippen LogP contribution in [0.1, 0.15) is 23.6 Å². The van der Waals surface area contributed by atoms with Crippen molar-refractivity contribution < 1.29 is 14.3 Å². The van der Waals surface area contributed by atoms with Gasteiger partial charge >= 0.3 is 0 Å². The van der Waals surface area contributed by atoms with E-state index in [2.05, 4.69) is 14.9 Å². The Morgan fingerprint density at radius 3 is 2.55 bits per heavy atom. The highest BCUT2D eigenvalue weighted by Gasteiger charge is 2.37. The molecule has 0 aliphatic carbocycles. The fourth-order valence-electron chi connectivity index (χ4n) is 4.09. The van der Waals surface area contributed by atoms with Crippen molar-refractivity contribution in [1.82, 2.24) is 19.8 Å². The molecule has 0 bridgehead atoms. The summed E-state index contributed by atoms with van der Waals surface area (Å²) in [6, 6.07) is 7.76. The van der Waals surface area contributed by atoms with Gasteiger partial charge in [0.2, 0.25) is 5.91 Å². The lowest BCUT2D eigenvalue weighted by molar-refractivity contribution is -0.149. The molecule has 2 fully saturated rings. The maximum absolute atomic E-state index is 13.2. The van der Waals surface area contributed by atoms with Gasteiger partial charge in [0.15, 0.2) is 0 Å². The number of nitrogens with zero attached hydrogens (tertiary/aromatic N) is 4. The van der Waals surface area contributed by atoms with Gasteiger partial charge < -0.3 is 14.4 Å². The highest BCUT2D eigenvalue weighted by atomic mass is 16.5. The molecule has 0 spiro atoms. The molecule has 1 amide bonds. The number of pyridine rings is 2. The van der Waals surface area contributed by atoms with Gasteiger partial charge in [-0.2, -0.15) is 0 Å². The van der Waals surface area contributed by atoms with Crippen molar-refractivity contribution in [3.05, 3.63) is 60.2 Å². The lowest BCUT2D eigenvalue weighted by atomic mass is 9.98. The van der Waals surface area contributed by atoms with Gasteiger partial charge in [0.05, 0.1) is 32.0 Å². The molecule has 4 rings (SSSR count). The molecule has 0 N–H and O–H groups in total. The van der Waals surface area contributed by atoms with Crippen molar-refractivity contribution in [2.24, 2.45) is 0 Å². The van der Waals surface area contributed by atoms with E-state index in [1.807, 2.05) is 41.6 Å². The Hall–Kier alpha value is -2.35. The van der Waals surface area contributed by atoms with E-state index in [4.69, 9.17) is 9.47 Å². The molecule has 4 heterocycles. The minimum Gasteiger partial charge on any atom is -0.379 e. The predicted octanol–water partition coefficient (Wildman–Crippen LogP) is 1.71. The Morgan fingerprint density at radius 2 is 1.83 bits per heavy atom. The lowest BCUT2D eigenvalue weighted by Crippen LogP contribution is -2.53. The van der Waals surface area contributed by atoms with Crippen LogP contribution in [0.25, 0.3) is 0 Å². The van der Waals surface area contributed by atoms with Crippen LogP contribution >= 0.6 is 0 Å². The summed E-state index contributed by atoms with van der Waals surface area (Å²) >= 11 is 0. The van der Waals surface area contributed by atoms with Crippen LogP contribution < -0.4 is 0 Å². The molecule has 7 nitrogen and oxygen atoms in total. The predicted molar refractivity (Wildman–Crippen MR) is 108 cm³/mol. The van der Waals surface area contributed by atoms with E-state index in [0.29, 0.717) is 26.0 Å². The molecule has 2 aromatic rings. The zero-order valence-electron chi connectivity index (χ0n) is 16.7. The first-order valence-electron chi connectivity index (χ1n) is 10.3. The topological polar surface area (TPSA) is 67.8 Å². The Labute approximate surface area is 171 Å². The summed E-state index contributed by atoms with van der Waals surface area (Å²) in [6.45, 7) is 5.24. The van der Waals surface area contributed by atoms with E-state index in [1.165, 1.54) is 0 Å². The Balaban J connectivity index is 1.49. The zero-order valence-corrected chi connectivity index (χ0v) is 16.7. The van der Waals surface area contributed by atoms with E-state index in [-0.39, 0.29) is 18.1 Å². The highest BCUT2D eigenvalue weighted by molar-refractivity contribution is 5.77. The smallest absolute Gasteiger partial charge is 0.223 e. The fourth-order valence-corrected chi connectivity index (χ4v) is 4.09. The number of carbonyl (C=O) groups excluding carboxylic acids is 1. The average Bonchev–Trinajstić information content (AvgIpc) is 2.79. The lowest BCUT2D eigenvalue weighted by Gasteiger charge is -2.43. The molecule has 0 unspecified atom stereocenters. The van der Waals surface area contributed by atoms with E-state index in [9.17, 15) is 4.79 Å². The van der Waals surface area contributed by atoms with Crippen molar-refractivity contribution in [3.8, 4) is 0 Å². The first-order chi connectivity index (χ1) is 14.3. The number of aromatic nitrogens is 2. The molecule has 0 saturated carbocycles. The summed E-state index contributed by atoms with van der Waals surface area (Å²) in [5, 5.41) is 0. The van der Waals surface area contributed by atoms with Crippen molar-refractivity contribution >= 4 is 5.91 Å². The SMILES string of the molecule is O=C(CCc1cccnc1)N1CCO[C@@H](CN2CCOCC2)[C@@H]1c1cccnc1. The third-order valence-electron chi connectivity index (χ3n) is 5.59. The second-order valence-electron chi connectivity index (χ2n) is 7.50. The quantitative estimate of drug-likeness (QED) is 0.741. The third kappa shape index (κ3) is 5.18. The molecular formula is C22H28N4O3. The first-order valence-corrected chi connectivity index (χ1v) is 10.3. The molecule has 2 atom stereocenters. The molecule has 154 valence electrons. The Bertz CT molecular complexity index is 768. The summed E-state index contributed by atoms with van der Waals surface area (Å²) in [4.78, 5) is 26.0. The summed E-state index contributed by atoms with van der Waals surface area (Å²) < 4.78 is 11.6. The zero-order chi connectivity index (χ0) is 19.9. The Morgan fingerprint density at radius 1 is 1.03 bits per heavy atom. The summed E-state index contributed by atoms with van der Waals surface area (Å²) in [5.41, 5.74) is 2.11. The Kier molecular flexibility index (Phi) is 6.82. The number of aryl methyl sites for hydroxylation is 1. The van der Waals surface area contributed by atoms with Gasteiger partial charge in [0.1, 0.15) is 0 Å². The van der Waals surface area contributed by atoms with Crippen LogP contribution in [0.2, 0.25) is 0 Å². The minimum absolute atomic E-state index is 0.0756. The van der Waals surface area contributed by atoms with Crippen LogP contribution in [0, 0.1) is 0 Å². The average molecular weight is 396 g/mol. The van der Waals surface area contributed by atoms with Gasteiger partial charge in [-0.15, -0.1) is 0 Å². The fraction of sp³-hybridized carbons (Fsp3) is 0.500. The van der Waals surface area contributed by atoms with Crippen LogP contribution in [-0.4, -0.2) is 77.8 Å². The van der Waals surface area contributed by atoms with Gasteiger partial charge in [-0.1, -0.05) is 12.1 Å². The number of morpholine rings is 2. The van der Waals surface area contributed by atoms with Crippen molar-refractivity contribution in [2.75, 3.05) is 46.0 Å². The monoisotopic (exact) mass is 396 g/mol. The van der Waals surface area contributed by atoms with Crippen LogP contribution in [0.15, 0.2) is 49.1 Å². The number of amides is 1. The molecule has 7 heteroatoms. The van der Waals surface area contributed by atoms with Crippen LogP contribution in [0.5, 0.6) is 0 Å². The summed E-state index contributed by atoms with van der Waals surface area (Å²) in [6.07, 6.45) is 8.28. The molecule has 2 aromatic heterocycles. The molecule has 29 heavy (non-hydrogen) atoms. The van der Waals surface area contributed by atoms with Crippen molar-refractivity contribution in [2.45, 2.75) is 25.0 Å². The van der Waals surface area contributed by atoms with E-state index in [1.54, 1.807) is 12.4 Å². The van der Waals surface area contributed by atoms with Crippen molar-refractivity contribution in [3.63, 3.8) is 0 Å². The maximum Gasteiger partial charge on any atom is 0.223 e. The number of carbonyl (C=O) groups is 1. The van der Waals surface area contributed by atoms with Crippen LogP contribution in [0.3, 0.4) is 0 Å². The number of rotatable bonds is 6. The molecule has 2 aliphatic rings. The number of ether oxygens (including phenoxy) is 2. The van der Waals surface area contributed by atoms with E-state index in [0.717, 1.165) is 44.0 Å². The molecule has 0 aromatic carbocycles. The van der Waals surface area contributed by atoms with E-state index < -0.39 is 0 Å². The molecule has 2 aliphatic heterocycles. The van der Waals surface area contributed by atoms with Gasteiger partial charge in [0.25, 0.3) is 0 Å². The van der Waals surface area contributed by atoms with Crippen LogP contribution in [0.4, 0.5) is 0 Å². The summed E-state index contributed by atoms with van der Waals surface area (Å²) in [5.74, 6) is 0.151. The van der Waals surface area contributed by atoms with Crippen molar-refractivity contribution in [1.29, 1.82) is 0 Å². The molecule has 0 radical (unpaired) electrons. The van der Waals surface area contributed by atoms with Gasteiger partial charge in [-0.05, 0) is 29.7 Å². The number of hydrogen-bond donors (Lipinski definition) is 0. The van der Waals surface area contributed by atoms with Crippen LogP contribution in [-0.2, 0) is 20.7 Å². The largest absolute Gasteiger partial charge is 0.379 e. The number of hydrogen-bond acceptors (Lipinski definition) is 6. The highest BCUT2D eigenvalue weighted by Crippen LogP contribution is 2.31. The van der Waals surface area contributed by atoms with Gasteiger partial charge in [-0.25, -0.2) is 0 Å². The van der Waals surface area contributed by atoms with Gasteiger partial charge in [0, 0.05) is 57.4 Å². The maximum atomic E-state index is 13.2. The summed E-state index contributed by atoms with van der Waals surface area (Å²) in [7, 11) is 0. The minimum atomic E-state index is -0.123. The first kappa shape index (κ1) is 19.9. The van der Waals surface area contributed by atoms with E-state index >= 15 is 0 Å². The second-order valence-corrected chi connectivity index (χ2v) is 7.50. The second kappa shape index (κ2) is 9.91. The standard InChI is InChI=1S/C22H28N4O3/c27-21(6-5-18-3-1-7-23-15-18)26-11-14-29-20(17-25-9-12-28-13-10-25)22(26)19-4-2-8-24-16-19/h1-4,7-8,15-16,20,22H,5-6,9-14,17H2/t20-,22-/m0/s1. The molecule has 2 saturated heterocycles. The molecular weight excluding hydrogens is 368 g/mol.